The molecule has 2 atom stereocenters. The van der Waals surface area contributed by atoms with Crippen LogP contribution in [0.2, 0.25) is 0 Å². The second kappa shape index (κ2) is 5.82. The maximum atomic E-state index is 10.8. The van der Waals surface area contributed by atoms with Gasteiger partial charge in [-0.05, 0) is 32.0 Å². The number of carboxylic acid groups (broad SMARTS) is 1. The minimum absolute atomic E-state index is 0.203. The average Bonchev–Trinajstić information content (AvgIpc) is 2.78. The van der Waals surface area contributed by atoms with Gasteiger partial charge in [-0.15, -0.1) is 11.3 Å². The molecule has 0 saturated heterocycles. The molecular weight excluding hydrogens is 250 g/mol. The Morgan fingerprint density at radius 1 is 1.44 bits per heavy atom. The molecule has 0 aromatic carbocycles. The van der Waals surface area contributed by atoms with Crippen LogP contribution in [0.25, 0.3) is 0 Å². The lowest BCUT2D eigenvalue weighted by Gasteiger charge is -2.34. The van der Waals surface area contributed by atoms with Crippen molar-refractivity contribution in [2.75, 3.05) is 7.05 Å². The summed E-state index contributed by atoms with van der Waals surface area (Å²) >= 11 is 1.31. The lowest BCUT2D eigenvalue weighted by Crippen LogP contribution is -2.42. The third kappa shape index (κ3) is 3.10. The quantitative estimate of drug-likeness (QED) is 0.879. The molecule has 1 aliphatic carbocycles. The molecule has 2 rings (SSSR count). The van der Waals surface area contributed by atoms with Gasteiger partial charge in [-0.25, -0.2) is 4.79 Å². The zero-order valence-electron chi connectivity index (χ0n) is 10.5. The first-order valence-corrected chi connectivity index (χ1v) is 7.10. The fourth-order valence-electron chi connectivity index (χ4n) is 2.55. The van der Waals surface area contributed by atoms with E-state index < -0.39 is 5.97 Å². The molecule has 18 heavy (non-hydrogen) atoms. The monoisotopic (exact) mass is 269 g/mol. The fourth-order valence-corrected chi connectivity index (χ4v) is 3.46. The van der Waals surface area contributed by atoms with E-state index in [2.05, 4.69) is 4.90 Å². The zero-order valence-corrected chi connectivity index (χ0v) is 11.3. The topological polar surface area (TPSA) is 60.8 Å². The molecule has 1 saturated carbocycles. The summed E-state index contributed by atoms with van der Waals surface area (Å²) in [6.45, 7) is 0.708. The number of rotatable bonds is 4. The number of carboxylic acids is 1. The molecule has 0 radical (unpaired) electrons. The molecule has 5 heteroatoms. The van der Waals surface area contributed by atoms with Crippen molar-refractivity contribution in [3.05, 3.63) is 21.9 Å². The summed E-state index contributed by atoms with van der Waals surface area (Å²) in [4.78, 5) is 14.4. The summed E-state index contributed by atoms with van der Waals surface area (Å²) in [7, 11) is 2.00. The number of aliphatic hydroxyl groups is 1. The number of aromatic carboxylic acids is 1. The van der Waals surface area contributed by atoms with E-state index in [1.807, 2.05) is 13.1 Å². The predicted molar refractivity (Wildman–Crippen MR) is 71.0 cm³/mol. The molecule has 1 heterocycles. The van der Waals surface area contributed by atoms with E-state index in [0.717, 1.165) is 30.6 Å². The van der Waals surface area contributed by atoms with Gasteiger partial charge in [-0.1, -0.05) is 12.8 Å². The van der Waals surface area contributed by atoms with Gasteiger partial charge in [-0.3, -0.25) is 4.90 Å². The second-order valence-electron chi connectivity index (χ2n) is 4.91. The number of likely N-dealkylation sites (N-methyl/N-ethyl adjacent to an activating group) is 1. The van der Waals surface area contributed by atoms with Gasteiger partial charge in [0.1, 0.15) is 4.88 Å². The lowest BCUT2D eigenvalue weighted by atomic mass is 9.91. The third-order valence-electron chi connectivity index (χ3n) is 3.54. The van der Waals surface area contributed by atoms with Crippen molar-refractivity contribution in [3.63, 3.8) is 0 Å². The minimum Gasteiger partial charge on any atom is -0.477 e. The zero-order chi connectivity index (χ0) is 13.1. The van der Waals surface area contributed by atoms with Crippen molar-refractivity contribution in [2.24, 2.45) is 0 Å². The maximum Gasteiger partial charge on any atom is 0.345 e. The van der Waals surface area contributed by atoms with Crippen LogP contribution in [-0.2, 0) is 6.54 Å². The second-order valence-corrected chi connectivity index (χ2v) is 6.07. The Hall–Kier alpha value is -0.910. The number of carbonyl (C=O) groups is 1. The van der Waals surface area contributed by atoms with Crippen molar-refractivity contribution < 1.29 is 15.0 Å². The SMILES string of the molecule is CN(Cc1ccc(C(=O)O)s1)C1CCCCC1O. The molecule has 0 spiro atoms. The van der Waals surface area contributed by atoms with Gasteiger partial charge < -0.3 is 10.2 Å². The van der Waals surface area contributed by atoms with Crippen LogP contribution in [0.4, 0.5) is 0 Å². The normalized spacial score (nSPS) is 24.4. The van der Waals surface area contributed by atoms with E-state index in [1.54, 1.807) is 6.07 Å². The highest BCUT2D eigenvalue weighted by Crippen LogP contribution is 2.25. The van der Waals surface area contributed by atoms with Gasteiger partial charge in [-0.2, -0.15) is 0 Å². The summed E-state index contributed by atoms with van der Waals surface area (Å²) in [5.41, 5.74) is 0. The molecule has 2 N–H and O–H groups in total. The first-order valence-electron chi connectivity index (χ1n) is 6.28. The highest BCUT2D eigenvalue weighted by molar-refractivity contribution is 7.13. The van der Waals surface area contributed by atoms with Crippen LogP contribution in [-0.4, -0.2) is 40.3 Å². The molecule has 1 aromatic rings. The van der Waals surface area contributed by atoms with Crippen LogP contribution in [0.3, 0.4) is 0 Å². The van der Waals surface area contributed by atoms with Crippen molar-refractivity contribution in [2.45, 2.75) is 44.4 Å². The van der Waals surface area contributed by atoms with E-state index in [0.29, 0.717) is 11.4 Å². The molecule has 1 aliphatic rings. The first kappa shape index (κ1) is 13.5. The number of hydrogen-bond acceptors (Lipinski definition) is 4. The van der Waals surface area contributed by atoms with Gasteiger partial charge in [0.2, 0.25) is 0 Å². The van der Waals surface area contributed by atoms with Crippen molar-refractivity contribution >= 4 is 17.3 Å². The Kier molecular flexibility index (Phi) is 4.37. The van der Waals surface area contributed by atoms with E-state index in [1.165, 1.54) is 11.3 Å². The van der Waals surface area contributed by atoms with Gasteiger partial charge in [0.15, 0.2) is 0 Å². The Morgan fingerprint density at radius 3 is 2.78 bits per heavy atom. The van der Waals surface area contributed by atoms with E-state index in [4.69, 9.17) is 5.11 Å². The number of aliphatic hydroxyl groups excluding tert-OH is 1. The largest absolute Gasteiger partial charge is 0.477 e. The summed E-state index contributed by atoms with van der Waals surface area (Å²) in [5, 5.41) is 18.9. The molecule has 100 valence electrons. The standard InChI is InChI=1S/C13H19NO3S/c1-14(10-4-2-3-5-11(10)15)8-9-6-7-12(18-9)13(16)17/h6-7,10-11,15H,2-5,8H2,1H3,(H,16,17). The molecule has 1 aromatic heterocycles. The number of hydrogen-bond donors (Lipinski definition) is 2. The van der Waals surface area contributed by atoms with Gasteiger partial charge >= 0.3 is 5.97 Å². The van der Waals surface area contributed by atoms with E-state index >= 15 is 0 Å². The van der Waals surface area contributed by atoms with Gasteiger partial charge in [0.05, 0.1) is 6.10 Å². The first-order chi connectivity index (χ1) is 8.58. The van der Waals surface area contributed by atoms with Crippen molar-refractivity contribution in [3.8, 4) is 0 Å². The lowest BCUT2D eigenvalue weighted by molar-refractivity contribution is 0.0292. The molecule has 0 bridgehead atoms. The minimum atomic E-state index is -0.869. The highest BCUT2D eigenvalue weighted by atomic mass is 32.1. The Balaban J connectivity index is 1.97. The Labute approximate surface area is 111 Å². The number of thiophene rings is 1. The molecule has 0 aliphatic heterocycles. The Bertz CT molecular complexity index is 418. The van der Waals surface area contributed by atoms with Crippen LogP contribution in [0, 0.1) is 0 Å². The van der Waals surface area contributed by atoms with Crippen LogP contribution in [0.15, 0.2) is 12.1 Å². The van der Waals surface area contributed by atoms with Crippen LogP contribution >= 0.6 is 11.3 Å². The summed E-state index contributed by atoms with van der Waals surface area (Å²) in [6.07, 6.45) is 3.92. The molecule has 2 unspecified atom stereocenters. The smallest absolute Gasteiger partial charge is 0.345 e. The van der Waals surface area contributed by atoms with E-state index in [-0.39, 0.29) is 12.1 Å². The summed E-state index contributed by atoms with van der Waals surface area (Å²) in [6, 6.07) is 3.71. The third-order valence-corrected chi connectivity index (χ3v) is 4.60. The Morgan fingerprint density at radius 2 is 2.17 bits per heavy atom. The maximum absolute atomic E-state index is 10.8. The average molecular weight is 269 g/mol. The van der Waals surface area contributed by atoms with Crippen LogP contribution in [0.1, 0.15) is 40.2 Å². The predicted octanol–water partition coefficient (Wildman–Crippen LogP) is 2.18. The molecule has 4 nitrogen and oxygen atoms in total. The highest BCUT2D eigenvalue weighted by Gasteiger charge is 2.26. The van der Waals surface area contributed by atoms with E-state index in [9.17, 15) is 9.90 Å². The molecule has 1 fully saturated rings. The number of nitrogens with zero attached hydrogens (tertiary/aromatic N) is 1. The van der Waals surface area contributed by atoms with Gasteiger partial charge in [0, 0.05) is 17.5 Å². The van der Waals surface area contributed by atoms with Crippen molar-refractivity contribution in [1.29, 1.82) is 0 Å². The van der Waals surface area contributed by atoms with Crippen LogP contribution in [0.5, 0.6) is 0 Å². The molecular formula is C13H19NO3S. The summed E-state index contributed by atoms with van der Waals surface area (Å²) in [5.74, 6) is -0.869. The van der Waals surface area contributed by atoms with Gasteiger partial charge in [0.25, 0.3) is 0 Å². The summed E-state index contributed by atoms with van der Waals surface area (Å²) < 4.78 is 0. The van der Waals surface area contributed by atoms with Crippen molar-refractivity contribution in [1.82, 2.24) is 4.90 Å². The van der Waals surface area contributed by atoms with Crippen LogP contribution < -0.4 is 0 Å². The molecule has 0 amide bonds. The fraction of sp³-hybridized carbons (Fsp3) is 0.615.